The fourth-order valence-electron chi connectivity index (χ4n) is 2.30. The molecule has 0 fully saturated rings. The van der Waals surface area contributed by atoms with Gasteiger partial charge >= 0.3 is 5.97 Å². The van der Waals surface area contributed by atoms with E-state index in [2.05, 4.69) is 16.0 Å². The van der Waals surface area contributed by atoms with Crippen LogP contribution in [0.15, 0.2) is 53.7 Å². The first-order valence-electron chi connectivity index (χ1n) is 7.68. The van der Waals surface area contributed by atoms with Gasteiger partial charge in [0.05, 0.1) is 23.0 Å². The number of carbonyl (C=O) groups excluding carboxylic acids is 1. The number of para-hydroxylation sites is 2. The first-order valence-corrected chi connectivity index (χ1v) is 8.67. The minimum atomic E-state index is -0.254. The number of aromatic nitrogens is 2. The second-order valence-electron chi connectivity index (χ2n) is 5.58. The largest absolute Gasteiger partial charge is 0.460 e. The molecule has 3 aromatic rings. The highest BCUT2D eigenvalue weighted by molar-refractivity contribution is 7.99. The Labute approximate surface area is 145 Å². The molecule has 0 aliphatic rings. The third kappa shape index (κ3) is 4.11. The molecule has 122 valence electrons. The van der Waals surface area contributed by atoms with E-state index in [0.29, 0.717) is 6.61 Å². The maximum Gasteiger partial charge on any atom is 0.316 e. The molecule has 0 bridgehead atoms. The summed E-state index contributed by atoms with van der Waals surface area (Å²) in [6.07, 6.45) is 1.69. The van der Waals surface area contributed by atoms with Crippen molar-refractivity contribution in [2.75, 3.05) is 5.75 Å². The van der Waals surface area contributed by atoms with Crippen LogP contribution < -0.4 is 0 Å². The van der Waals surface area contributed by atoms with E-state index in [9.17, 15) is 4.79 Å². The van der Waals surface area contributed by atoms with Crippen LogP contribution in [0.1, 0.15) is 16.7 Å². The number of esters is 1. The smallest absolute Gasteiger partial charge is 0.316 e. The number of nitrogens with zero attached hydrogens (tertiary/aromatic N) is 2. The topological polar surface area (TPSA) is 52.1 Å². The Bertz CT molecular complexity index is 880. The van der Waals surface area contributed by atoms with Gasteiger partial charge in [0.25, 0.3) is 0 Å². The molecule has 0 N–H and O–H groups in total. The SMILES string of the molecule is Cc1ccc(C)c(COC(=O)CSc2cnc3ccccc3n2)c1. The van der Waals surface area contributed by atoms with Crippen LogP contribution >= 0.6 is 11.8 Å². The summed E-state index contributed by atoms with van der Waals surface area (Å²) in [5, 5.41) is 0.720. The average molecular weight is 338 g/mol. The summed E-state index contributed by atoms with van der Waals surface area (Å²) in [6.45, 7) is 4.34. The molecule has 2 aromatic carbocycles. The van der Waals surface area contributed by atoms with Crippen LogP contribution in [0.2, 0.25) is 0 Å². The molecule has 0 spiro atoms. The number of fused-ring (bicyclic) bond motifs is 1. The Hall–Kier alpha value is -2.40. The molecular formula is C19H18N2O2S. The van der Waals surface area contributed by atoms with Gasteiger partial charge in [0, 0.05) is 0 Å². The van der Waals surface area contributed by atoms with Crippen molar-refractivity contribution in [1.82, 2.24) is 9.97 Å². The molecule has 1 aromatic heterocycles. The van der Waals surface area contributed by atoms with Gasteiger partial charge in [0.15, 0.2) is 0 Å². The number of thioether (sulfide) groups is 1. The predicted molar refractivity (Wildman–Crippen MR) is 96.0 cm³/mol. The molecule has 1 heterocycles. The minimum absolute atomic E-state index is 0.220. The highest BCUT2D eigenvalue weighted by atomic mass is 32.2. The van der Waals surface area contributed by atoms with Gasteiger partial charge in [-0.25, -0.2) is 4.98 Å². The lowest BCUT2D eigenvalue weighted by Gasteiger charge is -2.08. The summed E-state index contributed by atoms with van der Waals surface area (Å²) in [5.41, 5.74) is 5.00. The number of ether oxygens (including phenoxy) is 1. The van der Waals surface area contributed by atoms with Gasteiger partial charge in [-0.05, 0) is 37.1 Å². The van der Waals surface area contributed by atoms with E-state index in [-0.39, 0.29) is 11.7 Å². The molecule has 4 nitrogen and oxygen atoms in total. The van der Waals surface area contributed by atoms with E-state index < -0.39 is 0 Å². The molecule has 0 aliphatic carbocycles. The van der Waals surface area contributed by atoms with Crippen LogP contribution in [0.25, 0.3) is 11.0 Å². The maximum absolute atomic E-state index is 12.0. The zero-order valence-corrected chi connectivity index (χ0v) is 14.5. The van der Waals surface area contributed by atoms with Gasteiger partial charge in [-0.15, -0.1) is 0 Å². The molecule has 0 aliphatic heterocycles. The van der Waals surface area contributed by atoms with Gasteiger partial charge in [0.2, 0.25) is 0 Å². The Balaban J connectivity index is 1.55. The zero-order valence-electron chi connectivity index (χ0n) is 13.7. The second kappa shape index (κ2) is 7.45. The Kier molecular flexibility index (Phi) is 5.11. The zero-order chi connectivity index (χ0) is 16.9. The number of benzene rings is 2. The number of aryl methyl sites for hydroxylation is 2. The number of hydrogen-bond acceptors (Lipinski definition) is 5. The molecule has 0 saturated carbocycles. The normalized spacial score (nSPS) is 10.8. The van der Waals surface area contributed by atoms with Gasteiger partial charge in [-0.1, -0.05) is 47.7 Å². The van der Waals surface area contributed by atoms with E-state index in [1.807, 2.05) is 50.2 Å². The standard InChI is InChI=1S/C19H18N2O2S/c1-13-7-8-14(2)15(9-13)11-23-19(22)12-24-18-10-20-16-5-3-4-6-17(16)21-18/h3-10H,11-12H2,1-2H3. The van der Waals surface area contributed by atoms with E-state index in [4.69, 9.17) is 4.74 Å². The summed E-state index contributed by atoms with van der Waals surface area (Å²) in [4.78, 5) is 20.8. The molecular weight excluding hydrogens is 320 g/mol. The fourth-order valence-corrected chi connectivity index (χ4v) is 2.94. The number of carbonyl (C=O) groups is 1. The third-order valence-corrected chi connectivity index (χ3v) is 4.53. The van der Waals surface area contributed by atoms with Crippen molar-refractivity contribution in [3.8, 4) is 0 Å². The molecule has 3 rings (SSSR count). The lowest BCUT2D eigenvalue weighted by Crippen LogP contribution is -2.08. The predicted octanol–water partition coefficient (Wildman–Crippen LogP) is 4.08. The molecule has 5 heteroatoms. The maximum atomic E-state index is 12.0. The van der Waals surface area contributed by atoms with Crippen molar-refractivity contribution in [3.05, 3.63) is 65.4 Å². The van der Waals surface area contributed by atoms with E-state index in [0.717, 1.165) is 32.7 Å². The Morgan fingerprint density at radius 2 is 1.92 bits per heavy atom. The summed E-state index contributed by atoms with van der Waals surface area (Å²) in [6, 6.07) is 13.8. The van der Waals surface area contributed by atoms with Crippen LogP contribution in [0.5, 0.6) is 0 Å². The summed E-state index contributed by atoms with van der Waals surface area (Å²) in [7, 11) is 0. The van der Waals surface area contributed by atoms with Crippen molar-refractivity contribution in [2.24, 2.45) is 0 Å². The van der Waals surface area contributed by atoms with Crippen LogP contribution in [0.4, 0.5) is 0 Å². The summed E-state index contributed by atoms with van der Waals surface area (Å²) < 4.78 is 5.37. The van der Waals surface area contributed by atoms with E-state index in [1.165, 1.54) is 11.8 Å². The average Bonchev–Trinajstić information content (AvgIpc) is 2.60. The molecule has 24 heavy (non-hydrogen) atoms. The molecule has 0 atom stereocenters. The Morgan fingerprint density at radius 1 is 1.12 bits per heavy atom. The highest BCUT2D eigenvalue weighted by Gasteiger charge is 2.08. The first kappa shape index (κ1) is 16.5. The number of hydrogen-bond donors (Lipinski definition) is 0. The van der Waals surface area contributed by atoms with Crippen molar-refractivity contribution in [1.29, 1.82) is 0 Å². The third-order valence-electron chi connectivity index (χ3n) is 3.66. The van der Waals surface area contributed by atoms with Crippen molar-refractivity contribution in [2.45, 2.75) is 25.5 Å². The Morgan fingerprint density at radius 3 is 2.75 bits per heavy atom. The molecule has 0 radical (unpaired) electrons. The molecule has 0 unspecified atom stereocenters. The van der Waals surface area contributed by atoms with Crippen molar-refractivity contribution < 1.29 is 9.53 Å². The molecule has 0 amide bonds. The lowest BCUT2D eigenvalue weighted by atomic mass is 10.1. The quantitative estimate of drug-likeness (QED) is 0.518. The second-order valence-corrected chi connectivity index (χ2v) is 6.57. The van der Waals surface area contributed by atoms with Crippen molar-refractivity contribution in [3.63, 3.8) is 0 Å². The van der Waals surface area contributed by atoms with Gasteiger partial charge in [-0.3, -0.25) is 9.78 Å². The van der Waals surface area contributed by atoms with Gasteiger partial charge in [0.1, 0.15) is 11.6 Å². The lowest BCUT2D eigenvalue weighted by molar-refractivity contribution is -0.141. The minimum Gasteiger partial charge on any atom is -0.460 e. The summed E-state index contributed by atoms with van der Waals surface area (Å²) in [5.74, 6) is -0.0337. The van der Waals surface area contributed by atoms with E-state index in [1.54, 1.807) is 6.20 Å². The number of rotatable bonds is 5. The first-order chi connectivity index (χ1) is 11.6. The van der Waals surface area contributed by atoms with Gasteiger partial charge in [-0.2, -0.15) is 0 Å². The van der Waals surface area contributed by atoms with Crippen LogP contribution in [0.3, 0.4) is 0 Å². The van der Waals surface area contributed by atoms with Crippen LogP contribution in [0, 0.1) is 13.8 Å². The fraction of sp³-hybridized carbons (Fsp3) is 0.211. The van der Waals surface area contributed by atoms with Crippen LogP contribution in [-0.4, -0.2) is 21.7 Å². The monoisotopic (exact) mass is 338 g/mol. The van der Waals surface area contributed by atoms with Crippen LogP contribution in [-0.2, 0) is 16.1 Å². The van der Waals surface area contributed by atoms with Crippen molar-refractivity contribution >= 4 is 28.8 Å². The highest BCUT2D eigenvalue weighted by Crippen LogP contribution is 2.18. The summed E-state index contributed by atoms with van der Waals surface area (Å²) >= 11 is 1.34. The molecule has 0 saturated heterocycles. The van der Waals surface area contributed by atoms with Gasteiger partial charge < -0.3 is 4.74 Å². The van der Waals surface area contributed by atoms with E-state index >= 15 is 0 Å².